The Bertz CT molecular complexity index is 146. The van der Waals surface area contributed by atoms with Crippen LogP contribution in [0.2, 0.25) is 0 Å². The molecule has 0 amide bonds. The molecule has 0 aliphatic rings. The highest BCUT2D eigenvalue weighted by atomic mass is 14.8. The molecule has 0 aliphatic carbocycles. The van der Waals surface area contributed by atoms with Crippen LogP contribution in [0.5, 0.6) is 0 Å². The molecule has 0 aromatic rings. The van der Waals surface area contributed by atoms with Crippen LogP contribution < -0.4 is 11.1 Å². The highest BCUT2D eigenvalue weighted by Gasteiger charge is 2.14. The van der Waals surface area contributed by atoms with Crippen molar-refractivity contribution < 1.29 is 0 Å². The molecular formula is C9H19N3. The molecule has 70 valence electrons. The highest BCUT2D eigenvalue weighted by Crippen LogP contribution is 2.16. The molecule has 0 fully saturated rings. The first-order valence-corrected chi connectivity index (χ1v) is 4.44. The second kappa shape index (κ2) is 5.99. The summed E-state index contributed by atoms with van der Waals surface area (Å²) in [6, 6.07) is 2.27. The van der Waals surface area contributed by atoms with Crippen LogP contribution in [0.15, 0.2) is 0 Å². The Morgan fingerprint density at radius 1 is 1.42 bits per heavy atom. The van der Waals surface area contributed by atoms with E-state index >= 15 is 0 Å². The van der Waals surface area contributed by atoms with Crippen LogP contribution in [0.4, 0.5) is 0 Å². The first-order valence-electron chi connectivity index (χ1n) is 4.44. The summed E-state index contributed by atoms with van der Waals surface area (Å²) >= 11 is 0. The van der Waals surface area contributed by atoms with Gasteiger partial charge in [0.05, 0.1) is 11.5 Å². The fourth-order valence-electron chi connectivity index (χ4n) is 0.809. The molecule has 0 atom stereocenters. The first-order chi connectivity index (χ1) is 5.62. The van der Waals surface area contributed by atoms with E-state index in [9.17, 15) is 0 Å². The number of nitriles is 1. The number of hydrogen-bond donors (Lipinski definition) is 2. The Morgan fingerprint density at radius 3 is 2.58 bits per heavy atom. The Labute approximate surface area is 74.9 Å². The summed E-state index contributed by atoms with van der Waals surface area (Å²) in [6.07, 6.45) is 1.90. The van der Waals surface area contributed by atoms with Crippen molar-refractivity contribution in [2.45, 2.75) is 26.7 Å². The molecule has 0 aromatic carbocycles. The zero-order chi connectivity index (χ0) is 9.45. The third kappa shape index (κ3) is 6.14. The van der Waals surface area contributed by atoms with Gasteiger partial charge in [-0.15, -0.1) is 0 Å². The zero-order valence-corrected chi connectivity index (χ0v) is 8.06. The lowest BCUT2D eigenvalue weighted by molar-refractivity contribution is 0.432. The fraction of sp³-hybridized carbons (Fsp3) is 0.889. The van der Waals surface area contributed by atoms with Crippen LogP contribution in [-0.2, 0) is 0 Å². The summed E-state index contributed by atoms with van der Waals surface area (Å²) in [6.45, 7) is 6.50. The van der Waals surface area contributed by atoms with E-state index < -0.39 is 0 Å². The van der Waals surface area contributed by atoms with Crippen molar-refractivity contribution in [3.8, 4) is 6.07 Å². The van der Waals surface area contributed by atoms with Crippen LogP contribution >= 0.6 is 0 Å². The normalized spacial score (nSPS) is 11.2. The molecule has 0 unspecified atom stereocenters. The lowest BCUT2D eigenvalue weighted by Crippen LogP contribution is -2.23. The molecule has 0 saturated carbocycles. The molecule has 0 heterocycles. The molecule has 3 heteroatoms. The molecule has 12 heavy (non-hydrogen) atoms. The Balaban J connectivity index is 3.27. The lowest BCUT2D eigenvalue weighted by atomic mass is 9.91. The molecule has 0 saturated heterocycles. The van der Waals surface area contributed by atoms with E-state index in [4.69, 9.17) is 11.0 Å². The number of hydrogen-bond acceptors (Lipinski definition) is 3. The van der Waals surface area contributed by atoms with Crippen molar-refractivity contribution in [2.75, 3.05) is 19.6 Å². The molecule has 0 rings (SSSR count). The molecular weight excluding hydrogens is 150 g/mol. The second-order valence-corrected chi connectivity index (χ2v) is 3.64. The predicted octanol–water partition coefficient (Wildman–Crippen LogP) is 0.865. The minimum atomic E-state index is -0.199. The fourth-order valence-corrected chi connectivity index (χ4v) is 0.809. The molecule has 0 radical (unpaired) electrons. The standard InChI is InChI=1S/C9H19N3/c1-9(2,8-11)4-7-12-6-3-5-10/h12H,3-7,10H2,1-2H3. The van der Waals surface area contributed by atoms with Gasteiger partial charge < -0.3 is 11.1 Å². The van der Waals surface area contributed by atoms with E-state index in [1.807, 2.05) is 13.8 Å². The molecule has 0 aromatic heterocycles. The van der Waals surface area contributed by atoms with Crippen LogP contribution in [0.3, 0.4) is 0 Å². The maximum Gasteiger partial charge on any atom is 0.0684 e. The van der Waals surface area contributed by atoms with Gasteiger partial charge in [-0.1, -0.05) is 0 Å². The van der Waals surface area contributed by atoms with E-state index in [-0.39, 0.29) is 5.41 Å². The van der Waals surface area contributed by atoms with Crippen LogP contribution in [0.25, 0.3) is 0 Å². The highest BCUT2D eigenvalue weighted by molar-refractivity contribution is 4.91. The average molecular weight is 169 g/mol. The van der Waals surface area contributed by atoms with Gasteiger partial charge in [-0.2, -0.15) is 5.26 Å². The lowest BCUT2D eigenvalue weighted by Gasteiger charge is -2.14. The third-order valence-electron chi connectivity index (χ3n) is 1.79. The van der Waals surface area contributed by atoms with E-state index in [0.29, 0.717) is 0 Å². The summed E-state index contributed by atoms with van der Waals surface area (Å²) in [7, 11) is 0. The van der Waals surface area contributed by atoms with Gasteiger partial charge in [0.2, 0.25) is 0 Å². The quantitative estimate of drug-likeness (QED) is 0.580. The zero-order valence-electron chi connectivity index (χ0n) is 8.06. The Hall–Kier alpha value is -0.590. The van der Waals surface area contributed by atoms with Crippen molar-refractivity contribution in [1.29, 1.82) is 5.26 Å². The molecule has 0 bridgehead atoms. The van der Waals surface area contributed by atoms with Crippen molar-refractivity contribution >= 4 is 0 Å². The molecule has 0 spiro atoms. The maximum absolute atomic E-state index is 8.70. The Morgan fingerprint density at radius 2 is 2.08 bits per heavy atom. The Kier molecular flexibility index (Phi) is 5.69. The number of rotatable bonds is 6. The monoisotopic (exact) mass is 169 g/mol. The summed E-state index contributed by atoms with van der Waals surface area (Å²) in [5, 5.41) is 11.9. The summed E-state index contributed by atoms with van der Waals surface area (Å²) in [4.78, 5) is 0. The van der Waals surface area contributed by atoms with Gasteiger partial charge in [-0.25, -0.2) is 0 Å². The largest absolute Gasteiger partial charge is 0.330 e. The smallest absolute Gasteiger partial charge is 0.0684 e. The van der Waals surface area contributed by atoms with Crippen molar-refractivity contribution in [3.05, 3.63) is 0 Å². The van der Waals surface area contributed by atoms with E-state index in [1.165, 1.54) is 0 Å². The van der Waals surface area contributed by atoms with Crippen molar-refractivity contribution in [1.82, 2.24) is 5.32 Å². The molecule has 3 nitrogen and oxygen atoms in total. The minimum absolute atomic E-state index is 0.199. The van der Waals surface area contributed by atoms with Crippen molar-refractivity contribution in [3.63, 3.8) is 0 Å². The maximum atomic E-state index is 8.70. The number of nitrogens with one attached hydrogen (secondary N) is 1. The predicted molar refractivity (Wildman–Crippen MR) is 50.6 cm³/mol. The summed E-state index contributed by atoms with van der Waals surface area (Å²) < 4.78 is 0. The van der Waals surface area contributed by atoms with Crippen LogP contribution in [-0.4, -0.2) is 19.6 Å². The van der Waals surface area contributed by atoms with Gasteiger partial charge in [-0.3, -0.25) is 0 Å². The molecule has 0 aliphatic heterocycles. The molecule has 3 N–H and O–H groups in total. The van der Waals surface area contributed by atoms with Crippen LogP contribution in [0.1, 0.15) is 26.7 Å². The minimum Gasteiger partial charge on any atom is -0.330 e. The number of nitrogens with two attached hydrogens (primary N) is 1. The van der Waals surface area contributed by atoms with Gasteiger partial charge in [-0.05, 0) is 46.3 Å². The van der Waals surface area contributed by atoms with Gasteiger partial charge in [0.15, 0.2) is 0 Å². The second-order valence-electron chi connectivity index (χ2n) is 3.64. The first kappa shape index (κ1) is 11.4. The SMILES string of the molecule is CC(C)(C#N)CCNCCCN. The van der Waals surface area contributed by atoms with Gasteiger partial charge >= 0.3 is 0 Å². The van der Waals surface area contributed by atoms with Gasteiger partial charge in [0.25, 0.3) is 0 Å². The van der Waals surface area contributed by atoms with E-state index in [0.717, 1.165) is 32.5 Å². The van der Waals surface area contributed by atoms with Gasteiger partial charge in [0, 0.05) is 0 Å². The topological polar surface area (TPSA) is 61.8 Å². The van der Waals surface area contributed by atoms with Gasteiger partial charge in [0.1, 0.15) is 0 Å². The summed E-state index contributed by atoms with van der Waals surface area (Å²) in [5.41, 5.74) is 5.13. The van der Waals surface area contributed by atoms with Crippen molar-refractivity contribution in [2.24, 2.45) is 11.1 Å². The van der Waals surface area contributed by atoms with E-state index in [2.05, 4.69) is 11.4 Å². The number of nitrogens with zero attached hydrogens (tertiary/aromatic N) is 1. The summed E-state index contributed by atoms with van der Waals surface area (Å²) in [5.74, 6) is 0. The average Bonchev–Trinajstić information content (AvgIpc) is 2.04. The third-order valence-corrected chi connectivity index (χ3v) is 1.79. The van der Waals surface area contributed by atoms with Crippen LogP contribution in [0, 0.1) is 16.7 Å². The van der Waals surface area contributed by atoms with E-state index in [1.54, 1.807) is 0 Å².